The number of esters is 1. The van der Waals surface area contributed by atoms with Crippen LogP contribution in [0.5, 0.6) is 11.5 Å². The zero-order valence-electron chi connectivity index (χ0n) is 18.3. The van der Waals surface area contributed by atoms with Gasteiger partial charge in [-0.25, -0.2) is 9.50 Å². The molecule has 1 aromatic carbocycles. The topological polar surface area (TPSA) is 91.5 Å². The summed E-state index contributed by atoms with van der Waals surface area (Å²) >= 11 is 0. The molecule has 0 bridgehead atoms. The first kappa shape index (κ1) is 23.1. The fraction of sp³-hybridized carbons (Fsp3) is 0.261. The molecular weight excluding hydrogens is 451 g/mol. The second-order valence-electron chi connectivity index (χ2n) is 7.50. The Morgan fingerprint density at radius 1 is 1.00 bits per heavy atom. The minimum atomic E-state index is -4.67. The molecule has 0 aliphatic rings. The average molecular weight is 471 g/mol. The van der Waals surface area contributed by atoms with Crippen molar-refractivity contribution in [3.05, 3.63) is 77.1 Å². The number of carbonyl (C=O) groups excluding carboxylic acids is 1. The summed E-state index contributed by atoms with van der Waals surface area (Å²) in [6.45, 7) is 3.65. The summed E-state index contributed by atoms with van der Waals surface area (Å²) in [5.74, 6) is -0.909. The minimum Gasteiger partial charge on any atom is -0.489 e. The number of ether oxygens (including phenoxy) is 2. The first-order valence-electron chi connectivity index (χ1n) is 10.3. The summed E-state index contributed by atoms with van der Waals surface area (Å²) in [5.41, 5.74) is 2.51. The number of pyridine rings is 1. The number of benzene rings is 1. The molecular formula is C23H20F3N5O3. The highest BCUT2D eigenvalue weighted by atomic mass is 19.4. The number of aromatic nitrogens is 5. The van der Waals surface area contributed by atoms with E-state index in [1.165, 1.54) is 0 Å². The van der Waals surface area contributed by atoms with E-state index in [9.17, 15) is 18.0 Å². The van der Waals surface area contributed by atoms with Crippen molar-refractivity contribution in [1.29, 1.82) is 0 Å². The van der Waals surface area contributed by atoms with Gasteiger partial charge >= 0.3 is 12.1 Å². The van der Waals surface area contributed by atoms with E-state index in [4.69, 9.17) is 9.47 Å². The quantitative estimate of drug-likeness (QED) is 0.294. The van der Waals surface area contributed by atoms with E-state index in [2.05, 4.69) is 20.1 Å². The number of aryl methyl sites for hydroxylation is 2. The highest BCUT2D eigenvalue weighted by Gasteiger charge is 2.37. The van der Waals surface area contributed by atoms with Crippen molar-refractivity contribution in [3.63, 3.8) is 0 Å². The molecule has 0 saturated heterocycles. The molecule has 0 aliphatic heterocycles. The van der Waals surface area contributed by atoms with Crippen LogP contribution in [0, 0.1) is 13.8 Å². The molecule has 34 heavy (non-hydrogen) atoms. The van der Waals surface area contributed by atoms with Crippen LogP contribution in [0.3, 0.4) is 0 Å². The number of hydrogen-bond acceptors (Lipinski definition) is 7. The predicted octanol–water partition coefficient (Wildman–Crippen LogP) is 4.27. The van der Waals surface area contributed by atoms with Gasteiger partial charge in [-0.3, -0.25) is 9.78 Å². The van der Waals surface area contributed by atoms with Gasteiger partial charge in [-0.05, 0) is 67.8 Å². The Bertz CT molecular complexity index is 1310. The van der Waals surface area contributed by atoms with Gasteiger partial charge in [0.15, 0.2) is 0 Å². The van der Waals surface area contributed by atoms with Gasteiger partial charge in [0, 0.05) is 23.8 Å². The van der Waals surface area contributed by atoms with E-state index < -0.39 is 18.0 Å². The van der Waals surface area contributed by atoms with E-state index in [1.54, 1.807) is 50.5 Å². The fourth-order valence-electron chi connectivity index (χ4n) is 3.35. The molecule has 0 fully saturated rings. The molecule has 0 radical (unpaired) electrons. The lowest BCUT2D eigenvalue weighted by Crippen LogP contribution is -2.12. The number of halogens is 3. The summed E-state index contributed by atoms with van der Waals surface area (Å²) < 4.78 is 50.9. The minimum absolute atomic E-state index is 0.00991. The molecule has 0 amide bonds. The molecule has 0 saturated carbocycles. The summed E-state index contributed by atoms with van der Waals surface area (Å²) in [6.07, 6.45) is -1.06. The number of fused-ring (bicyclic) bond motifs is 1. The zero-order chi connectivity index (χ0) is 24.3. The van der Waals surface area contributed by atoms with Crippen LogP contribution in [-0.4, -0.2) is 30.5 Å². The Labute approximate surface area is 192 Å². The van der Waals surface area contributed by atoms with Gasteiger partial charge in [-0.15, -0.1) is 5.10 Å². The summed E-state index contributed by atoms with van der Waals surface area (Å²) in [5, 5.41) is 3.51. The molecule has 3 heterocycles. The van der Waals surface area contributed by atoms with E-state index in [1.807, 2.05) is 12.1 Å². The van der Waals surface area contributed by atoms with Gasteiger partial charge in [0.1, 0.15) is 18.1 Å². The SMILES string of the molecule is Cc1nc2nc(C(F)(F)F)nn2c(C)c1CCC(=O)Oc1ccc(OCc2ccncc2)cc1. The predicted molar refractivity (Wildman–Crippen MR) is 114 cm³/mol. The monoisotopic (exact) mass is 471 g/mol. The maximum absolute atomic E-state index is 12.9. The van der Waals surface area contributed by atoms with Crippen LogP contribution in [0.1, 0.15) is 34.8 Å². The van der Waals surface area contributed by atoms with E-state index in [-0.39, 0.29) is 18.6 Å². The van der Waals surface area contributed by atoms with Gasteiger partial charge in [0.25, 0.3) is 11.6 Å². The number of rotatable bonds is 7. The fourth-order valence-corrected chi connectivity index (χ4v) is 3.35. The van der Waals surface area contributed by atoms with E-state index in [0.717, 1.165) is 10.1 Å². The normalized spacial score (nSPS) is 11.6. The Hall–Kier alpha value is -4.02. The van der Waals surface area contributed by atoms with Crippen LogP contribution >= 0.6 is 0 Å². The van der Waals surface area contributed by atoms with Crippen LogP contribution in [0.15, 0.2) is 48.8 Å². The lowest BCUT2D eigenvalue weighted by Gasteiger charge is -2.10. The Balaban J connectivity index is 1.36. The van der Waals surface area contributed by atoms with Gasteiger partial charge in [0.05, 0.1) is 6.42 Å². The summed E-state index contributed by atoms with van der Waals surface area (Å²) in [7, 11) is 0. The third-order valence-corrected chi connectivity index (χ3v) is 5.09. The van der Waals surface area contributed by atoms with Crippen molar-refractivity contribution in [2.24, 2.45) is 0 Å². The van der Waals surface area contributed by atoms with E-state index >= 15 is 0 Å². The average Bonchev–Trinajstić information content (AvgIpc) is 3.24. The molecule has 176 valence electrons. The van der Waals surface area contributed by atoms with Crippen molar-refractivity contribution >= 4 is 11.7 Å². The second-order valence-corrected chi connectivity index (χ2v) is 7.50. The highest BCUT2D eigenvalue weighted by Crippen LogP contribution is 2.27. The van der Waals surface area contributed by atoms with E-state index in [0.29, 0.717) is 35.1 Å². The lowest BCUT2D eigenvalue weighted by atomic mass is 10.1. The summed E-state index contributed by atoms with van der Waals surface area (Å²) in [6, 6.07) is 10.3. The van der Waals surface area contributed by atoms with Crippen molar-refractivity contribution in [1.82, 2.24) is 24.6 Å². The molecule has 0 spiro atoms. The first-order valence-corrected chi connectivity index (χ1v) is 10.3. The summed E-state index contributed by atoms with van der Waals surface area (Å²) in [4.78, 5) is 23.8. The van der Waals surface area contributed by atoms with Crippen molar-refractivity contribution in [2.75, 3.05) is 0 Å². The molecule has 4 rings (SSSR count). The Kier molecular flexibility index (Phi) is 6.44. The first-order chi connectivity index (χ1) is 16.2. The van der Waals surface area contributed by atoms with Gasteiger partial charge in [-0.2, -0.15) is 18.2 Å². The highest BCUT2D eigenvalue weighted by molar-refractivity contribution is 5.72. The van der Waals surface area contributed by atoms with Crippen LogP contribution in [-0.2, 0) is 24.0 Å². The van der Waals surface area contributed by atoms with Crippen molar-refractivity contribution in [3.8, 4) is 11.5 Å². The maximum Gasteiger partial charge on any atom is 0.453 e. The van der Waals surface area contributed by atoms with Crippen LogP contribution in [0.25, 0.3) is 5.78 Å². The molecule has 0 unspecified atom stereocenters. The van der Waals surface area contributed by atoms with Gasteiger partial charge in [-0.1, -0.05) is 0 Å². The molecule has 0 atom stereocenters. The maximum atomic E-state index is 12.9. The smallest absolute Gasteiger partial charge is 0.453 e. The Morgan fingerprint density at radius 3 is 2.35 bits per heavy atom. The third kappa shape index (κ3) is 5.30. The molecule has 0 N–H and O–H groups in total. The molecule has 4 aromatic rings. The molecule has 3 aromatic heterocycles. The zero-order valence-corrected chi connectivity index (χ0v) is 18.3. The number of alkyl halides is 3. The lowest BCUT2D eigenvalue weighted by molar-refractivity contribution is -0.144. The van der Waals surface area contributed by atoms with Gasteiger partial charge < -0.3 is 9.47 Å². The number of nitrogens with zero attached hydrogens (tertiary/aromatic N) is 5. The number of carbonyl (C=O) groups is 1. The Morgan fingerprint density at radius 2 is 1.68 bits per heavy atom. The molecule has 8 nitrogen and oxygen atoms in total. The molecule has 11 heteroatoms. The van der Waals surface area contributed by atoms with Crippen molar-refractivity contribution in [2.45, 2.75) is 39.5 Å². The second kappa shape index (κ2) is 9.46. The van der Waals surface area contributed by atoms with Crippen LogP contribution in [0.4, 0.5) is 13.2 Å². The van der Waals surface area contributed by atoms with Crippen molar-refractivity contribution < 1.29 is 27.4 Å². The third-order valence-electron chi connectivity index (χ3n) is 5.09. The molecule has 0 aliphatic carbocycles. The van der Waals surface area contributed by atoms with Gasteiger partial charge in [0.2, 0.25) is 0 Å². The largest absolute Gasteiger partial charge is 0.489 e. The van der Waals surface area contributed by atoms with Crippen LogP contribution in [0.2, 0.25) is 0 Å². The number of hydrogen-bond donors (Lipinski definition) is 0. The van der Waals surface area contributed by atoms with Crippen LogP contribution < -0.4 is 9.47 Å². The standard InChI is InChI=1S/C23H20F3N5O3/c1-14-19(15(2)31-22(28-14)29-21(30-31)23(24,25)26)7-8-20(32)34-18-5-3-17(4-6-18)33-13-16-9-11-27-12-10-16/h3-6,9-12H,7-8,13H2,1-2H3.